The first kappa shape index (κ1) is 29.4. The second-order valence-electron chi connectivity index (χ2n) is 14.5. The maximum atomic E-state index is 7.64. The first-order valence-electron chi connectivity index (χ1n) is 17.7. The highest BCUT2D eigenvalue weighted by molar-refractivity contribution is 7.26. The van der Waals surface area contributed by atoms with Crippen LogP contribution in [0.3, 0.4) is 0 Å². The molecular formula is C49H30N2S. The van der Waals surface area contributed by atoms with E-state index in [1.807, 2.05) is 17.4 Å². The van der Waals surface area contributed by atoms with Crippen LogP contribution in [0.25, 0.3) is 102 Å². The van der Waals surface area contributed by atoms with E-state index in [0.717, 1.165) is 11.2 Å². The fraction of sp³-hybridized carbons (Fsp3) is 0.0612. The second-order valence-corrected chi connectivity index (χ2v) is 15.6. The lowest BCUT2D eigenvalue weighted by Crippen LogP contribution is -2.15. The topological polar surface area (TPSA) is 17.2 Å². The summed E-state index contributed by atoms with van der Waals surface area (Å²) in [6.07, 6.45) is 0. The van der Waals surface area contributed by atoms with Gasteiger partial charge in [0.15, 0.2) is 5.69 Å². The van der Waals surface area contributed by atoms with E-state index in [0.29, 0.717) is 5.69 Å². The molecule has 1 aliphatic rings. The van der Waals surface area contributed by atoms with Gasteiger partial charge in [0.1, 0.15) is 0 Å². The van der Waals surface area contributed by atoms with Crippen molar-refractivity contribution in [3.63, 3.8) is 0 Å². The van der Waals surface area contributed by atoms with Crippen molar-refractivity contribution in [3.8, 4) is 33.5 Å². The predicted octanol–water partition coefficient (Wildman–Crippen LogP) is 14.3. The third-order valence-electron chi connectivity index (χ3n) is 11.5. The van der Waals surface area contributed by atoms with Gasteiger partial charge in [-0.05, 0) is 73.1 Å². The molecule has 1 aliphatic carbocycles. The van der Waals surface area contributed by atoms with Crippen LogP contribution < -0.4 is 0 Å². The zero-order valence-electron chi connectivity index (χ0n) is 28.7. The molecule has 11 rings (SSSR count). The van der Waals surface area contributed by atoms with Gasteiger partial charge in [0.2, 0.25) is 0 Å². The summed E-state index contributed by atoms with van der Waals surface area (Å²) in [6, 6.07) is 52.9. The van der Waals surface area contributed by atoms with E-state index < -0.39 is 0 Å². The molecule has 0 N–H and O–H groups in total. The predicted molar refractivity (Wildman–Crippen MR) is 222 cm³/mol. The Hall–Kier alpha value is -6.34. The molecule has 0 radical (unpaired) electrons. The summed E-state index contributed by atoms with van der Waals surface area (Å²) in [6.45, 7) is 12.2. The summed E-state index contributed by atoms with van der Waals surface area (Å²) >= 11 is 1.88. The largest absolute Gasteiger partial charge is 0.247 e. The number of thiophene rings is 1. The number of pyridine rings is 1. The third kappa shape index (κ3) is 3.90. The molecule has 0 atom stereocenters. The lowest BCUT2D eigenvalue weighted by Gasteiger charge is -2.23. The van der Waals surface area contributed by atoms with Gasteiger partial charge in [0.05, 0.1) is 17.8 Å². The summed E-state index contributed by atoms with van der Waals surface area (Å²) in [7, 11) is 0. The molecule has 8 aromatic carbocycles. The fourth-order valence-electron chi connectivity index (χ4n) is 9.05. The van der Waals surface area contributed by atoms with E-state index in [1.54, 1.807) is 0 Å². The first-order valence-corrected chi connectivity index (χ1v) is 18.6. The van der Waals surface area contributed by atoms with E-state index in [4.69, 9.17) is 11.6 Å². The van der Waals surface area contributed by atoms with Gasteiger partial charge < -0.3 is 0 Å². The van der Waals surface area contributed by atoms with Gasteiger partial charge in [-0.2, -0.15) is 0 Å². The Kier molecular flexibility index (Phi) is 5.99. The van der Waals surface area contributed by atoms with Crippen molar-refractivity contribution in [1.29, 1.82) is 0 Å². The summed E-state index contributed by atoms with van der Waals surface area (Å²) in [5.74, 6) is 0. The molecule has 0 aliphatic heterocycles. The van der Waals surface area contributed by atoms with Gasteiger partial charge in [-0.15, -0.1) is 11.3 Å². The van der Waals surface area contributed by atoms with Gasteiger partial charge in [0, 0.05) is 47.3 Å². The summed E-state index contributed by atoms with van der Waals surface area (Å²) in [5, 5.41) is 11.1. The van der Waals surface area contributed by atoms with Crippen LogP contribution in [-0.4, -0.2) is 4.98 Å². The van der Waals surface area contributed by atoms with Crippen LogP contribution in [0.2, 0.25) is 0 Å². The minimum atomic E-state index is -0.223. The minimum absolute atomic E-state index is 0.223. The number of aromatic nitrogens is 1. The molecule has 2 nitrogen and oxygen atoms in total. The third-order valence-corrected chi connectivity index (χ3v) is 12.7. The quantitative estimate of drug-likeness (QED) is 0.101. The van der Waals surface area contributed by atoms with Crippen molar-refractivity contribution in [2.75, 3.05) is 0 Å². The maximum Gasteiger partial charge on any atom is 0.187 e. The Labute approximate surface area is 305 Å². The van der Waals surface area contributed by atoms with E-state index >= 15 is 0 Å². The molecule has 2 aromatic heterocycles. The van der Waals surface area contributed by atoms with E-state index in [2.05, 4.69) is 158 Å². The number of hydrogen-bond acceptors (Lipinski definition) is 2. The molecule has 3 heteroatoms. The van der Waals surface area contributed by atoms with Crippen molar-refractivity contribution in [2.45, 2.75) is 19.3 Å². The maximum absolute atomic E-state index is 7.64. The Morgan fingerprint density at radius 3 is 1.83 bits per heavy atom. The van der Waals surface area contributed by atoms with E-state index in [-0.39, 0.29) is 5.41 Å². The average Bonchev–Trinajstić information content (AvgIpc) is 3.68. The number of fused-ring (bicyclic) bond motifs is 12. The summed E-state index contributed by atoms with van der Waals surface area (Å²) in [4.78, 5) is 9.27. The fourth-order valence-corrected chi connectivity index (χ4v) is 10.3. The highest BCUT2D eigenvalue weighted by Crippen LogP contribution is 2.53. The lowest BCUT2D eigenvalue weighted by atomic mass is 9.80. The molecule has 242 valence electrons. The molecule has 0 saturated carbocycles. The van der Waals surface area contributed by atoms with Gasteiger partial charge in [0.25, 0.3) is 0 Å². The number of hydrogen-bond donors (Lipinski definition) is 0. The molecule has 10 aromatic rings. The van der Waals surface area contributed by atoms with Crippen molar-refractivity contribution < 1.29 is 0 Å². The van der Waals surface area contributed by atoms with Crippen LogP contribution in [0, 0.1) is 6.57 Å². The molecule has 0 saturated heterocycles. The number of benzene rings is 8. The van der Waals surface area contributed by atoms with Crippen LogP contribution in [0.4, 0.5) is 5.69 Å². The number of rotatable bonds is 2. The normalized spacial score (nSPS) is 13.3. The van der Waals surface area contributed by atoms with Crippen LogP contribution in [0.15, 0.2) is 146 Å². The summed E-state index contributed by atoms with van der Waals surface area (Å²) in [5.41, 5.74) is 11.1. The van der Waals surface area contributed by atoms with E-state index in [9.17, 15) is 0 Å². The zero-order chi connectivity index (χ0) is 34.7. The van der Waals surface area contributed by atoms with Gasteiger partial charge in [-0.1, -0.05) is 141 Å². The Morgan fingerprint density at radius 2 is 1.12 bits per heavy atom. The van der Waals surface area contributed by atoms with Gasteiger partial charge in [-0.25, -0.2) is 9.83 Å². The van der Waals surface area contributed by atoms with Crippen LogP contribution in [0.5, 0.6) is 0 Å². The Bertz CT molecular complexity index is 3170. The lowest BCUT2D eigenvalue weighted by molar-refractivity contribution is 0.661. The SMILES string of the molecule is [C-]#[N+]c1ccc2c(c1)C(C)(C)c1cc(-c3c4ccccc4c(-c4nc5ccccc5c5c4ccc4c6ccccc6sc45)c4ccccc34)ccc1-2. The molecule has 0 fully saturated rings. The van der Waals surface area contributed by atoms with Gasteiger partial charge in [-0.3, -0.25) is 0 Å². The smallest absolute Gasteiger partial charge is 0.187 e. The zero-order valence-corrected chi connectivity index (χ0v) is 29.5. The first-order chi connectivity index (χ1) is 25.5. The number of para-hydroxylation sites is 1. The van der Waals surface area contributed by atoms with Crippen LogP contribution in [-0.2, 0) is 5.41 Å². The highest BCUT2D eigenvalue weighted by atomic mass is 32.1. The monoisotopic (exact) mass is 678 g/mol. The van der Waals surface area contributed by atoms with Crippen molar-refractivity contribution in [3.05, 3.63) is 168 Å². The average molecular weight is 679 g/mol. The molecule has 52 heavy (non-hydrogen) atoms. The highest BCUT2D eigenvalue weighted by Gasteiger charge is 2.36. The minimum Gasteiger partial charge on any atom is -0.247 e. The van der Waals surface area contributed by atoms with Crippen molar-refractivity contribution in [1.82, 2.24) is 4.98 Å². The molecular weight excluding hydrogens is 649 g/mol. The summed E-state index contributed by atoms with van der Waals surface area (Å²) < 4.78 is 2.62. The Balaban J connectivity index is 1.23. The number of nitrogens with zero attached hydrogens (tertiary/aromatic N) is 2. The van der Waals surface area contributed by atoms with Gasteiger partial charge >= 0.3 is 0 Å². The van der Waals surface area contributed by atoms with Crippen LogP contribution >= 0.6 is 11.3 Å². The van der Waals surface area contributed by atoms with Crippen molar-refractivity contribution >= 4 is 80.4 Å². The standard InChI is InChI=1S/C49H30N2S/c1-49(2)40-26-28(20-22-30(40)31-23-21-29(50-3)27-41(31)49)44-33-13-4-6-15-35(33)45(36-16-7-5-14-34(36)44)47-39-25-24-37-32-12-9-11-19-43(32)52-48(37)46(39)38-17-8-10-18-42(38)51-47/h4-27H,1-2H3. The molecule has 0 unspecified atom stereocenters. The Morgan fingerprint density at radius 1 is 0.538 bits per heavy atom. The molecule has 2 heterocycles. The molecule has 0 bridgehead atoms. The van der Waals surface area contributed by atoms with E-state index in [1.165, 1.54) is 96.8 Å². The van der Waals surface area contributed by atoms with Crippen molar-refractivity contribution in [2.24, 2.45) is 0 Å². The molecule has 0 spiro atoms. The molecule has 0 amide bonds. The van der Waals surface area contributed by atoms with Crippen LogP contribution in [0.1, 0.15) is 25.0 Å². The second kappa shape index (κ2) is 10.6.